The van der Waals surface area contributed by atoms with Gasteiger partial charge in [0.15, 0.2) is 5.11 Å². The first-order valence-corrected chi connectivity index (χ1v) is 10.1. The Morgan fingerprint density at radius 1 is 0.964 bits per heavy atom. The fraction of sp³-hybridized carbons (Fsp3) is 0.300. The Labute approximate surface area is 185 Å². The first kappa shape index (κ1) is 22.8. The third kappa shape index (κ3) is 5.98. The van der Waals surface area contributed by atoms with Crippen molar-refractivity contribution in [2.45, 2.75) is 37.7 Å². The van der Waals surface area contributed by atoms with E-state index in [1.807, 2.05) is 52.0 Å². The first-order chi connectivity index (χ1) is 13.0. The molecule has 0 aliphatic heterocycles. The van der Waals surface area contributed by atoms with Crippen LogP contribution in [0.2, 0.25) is 0 Å². The third-order valence-corrected chi connectivity index (χ3v) is 5.06. The van der Waals surface area contributed by atoms with E-state index in [9.17, 15) is 4.79 Å². The maximum atomic E-state index is 12.6. The number of carbonyl (C=O) groups is 1. The number of nitrogens with one attached hydrogen (secondary N) is 3. The molecule has 28 heavy (non-hydrogen) atoms. The second-order valence-corrected chi connectivity index (χ2v) is 9.41. The minimum atomic E-state index is -1.82. The van der Waals surface area contributed by atoms with Crippen molar-refractivity contribution in [2.75, 3.05) is 5.32 Å². The van der Waals surface area contributed by atoms with E-state index in [4.69, 9.17) is 47.0 Å². The van der Waals surface area contributed by atoms with Gasteiger partial charge in [-0.3, -0.25) is 4.79 Å². The van der Waals surface area contributed by atoms with Crippen molar-refractivity contribution in [1.29, 1.82) is 0 Å². The number of hydrogen-bond acceptors (Lipinski definition) is 2. The van der Waals surface area contributed by atoms with Crippen LogP contribution in [0.15, 0.2) is 36.4 Å². The number of benzene rings is 2. The average molecular weight is 459 g/mol. The van der Waals surface area contributed by atoms with Crippen LogP contribution in [0.25, 0.3) is 0 Å². The van der Waals surface area contributed by atoms with Crippen LogP contribution < -0.4 is 16.0 Å². The summed E-state index contributed by atoms with van der Waals surface area (Å²) in [6, 6.07) is 11.3. The van der Waals surface area contributed by atoms with Gasteiger partial charge in [-0.15, -0.1) is 0 Å². The molecule has 0 saturated heterocycles. The van der Waals surface area contributed by atoms with E-state index in [2.05, 4.69) is 16.0 Å². The van der Waals surface area contributed by atoms with Gasteiger partial charge in [-0.05, 0) is 62.7 Å². The van der Waals surface area contributed by atoms with E-state index in [-0.39, 0.29) is 11.0 Å². The van der Waals surface area contributed by atoms with Gasteiger partial charge < -0.3 is 16.0 Å². The lowest BCUT2D eigenvalue weighted by Crippen LogP contribution is -2.56. The van der Waals surface area contributed by atoms with Gasteiger partial charge in [0.25, 0.3) is 5.91 Å². The highest BCUT2D eigenvalue weighted by molar-refractivity contribution is 7.80. The van der Waals surface area contributed by atoms with E-state index >= 15 is 0 Å². The van der Waals surface area contributed by atoms with Crippen molar-refractivity contribution < 1.29 is 4.79 Å². The van der Waals surface area contributed by atoms with Gasteiger partial charge in [0.05, 0.1) is 0 Å². The number of carbonyl (C=O) groups excluding carboxylic acids is 1. The Balaban J connectivity index is 2.16. The van der Waals surface area contributed by atoms with Crippen LogP contribution >= 0.6 is 47.0 Å². The first-order valence-electron chi connectivity index (χ1n) is 8.57. The standard InChI is InChI=1S/C20H22Cl3N3OS/c1-11-9-13(3)16(14(4)10-11)24-19(28)26-18(20(21,22)23)25-17(27)15-8-6-5-7-12(15)2/h5-10,18H,1-4H3,(H,25,27)(H2,24,26,28). The van der Waals surface area contributed by atoms with Gasteiger partial charge in [0.1, 0.15) is 6.17 Å². The average Bonchev–Trinajstić information content (AvgIpc) is 2.57. The van der Waals surface area contributed by atoms with Crippen LogP contribution in [0, 0.1) is 27.7 Å². The second-order valence-electron chi connectivity index (χ2n) is 6.64. The molecule has 1 unspecified atom stereocenters. The molecule has 2 aromatic rings. The summed E-state index contributed by atoms with van der Waals surface area (Å²) in [5.74, 6) is -0.368. The Morgan fingerprint density at radius 2 is 1.54 bits per heavy atom. The van der Waals surface area contributed by atoms with Gasteiger partial charge in [-0.2, -0.15) is 0 Å². The maximum absolute atomic E-state index is 12.6. The molecule has 1 amide bonds. The molecule has 3 N–H and O–H groups in total. The number of halogens is 3. The molecule has 150 valence electrons. The molecule has 0 aliphatic rings. The van der Waals surface area contributed by atoms with E-state index in [1.165, 1.54) is 0 Å². The summed E-state index contributed by atoms with van der Waals surface area (Å²) in [4.78, 5) is 12.6. The van der Waals surface area contributed by atoms with Gasteiger partial charge in [-0.25, -0.2) is 0 Å². The fourth-order valence-corrected chi connectivity index (χ4v) is 3.44. The number of anilines is 1. The number of rotatable bonds is 4. The lowest BCUT2D eigenvalue weighted by atomic mass is 10.1. The molecule has 0 heterocycles. The number of hydrogen-bond donors (Lipinski definition) is 3. The summed E-state index contributed by atoms with van der Waals surface area (Å²) in [5.41, 5.74) is 5.41. The van der Waals surface area contributed by atoms with Gasteiger partial charge in [-0.1, -0.05) is 70.7 Å². The third-order valence-electron chi connectivity index (χ3n) is 4.18. The molecule has 0 saturated carbocycles. The topological polar surface area (TPSA) is 53.2 Å². The smallest absolute Gasteiger partial charge is 0.253 e. The molecule has 1 atom stereocenters. The van der Waals surface area contributed by atoms with Crippen molar-refractivity contribution in [3.8, 4) is 0 Å². The van der Waals surface area contributed by atoms with Crippen LogP contribution in [-0.2, 0) is 0 Å². The summed E-state index contributed by atoms with van der Waals surface area (Å²) in [6.45, 7) is 7.83. The Morgan fingerprint density at radius 3 is 2.07 bits per heavy atom. The van der Waals surface area contributed by atoms with E-state index < -0.39 is 9.96 Å². The van der Waals surface area contributed by atoms with Gasteiger partial charge in [0, 0.05) is 11.3 Å². The quantitative estimate of drug-likeness (QED) is 0.329. The van der Waals surface area contributed by atoms with Gasteiger partial charge >= 0.3 is 0 Å². The minimum absolute atomic E-state index is 0.233. The monoisotopic (exact) mass is 457 g/mol. The van der Waals surface area contributed by atoms with Crippen LogP contribution in [0.1, 0.15) is 32.6 Å². The predicted octanol–water partition coefficient (Wildman–Crippen LogP) is 5.33. The lowest BCUT2D eigenvalue weighted by molar-refractivity contribution is 0.0934. The highest BCUT2D eigenvalue weighted by Gasteiger charge is 2.35. The van der Waals surface area contributed by atoms with Gasteiger partial charge in [0.2, 0.25) is 3.79 Å². The molecular formula is C20H22Cl3N3OS. The molecule has 2 aromatic carbocycles. The number of thiocarbonyl (C=S) groups is 1. The molecule has 4 nitrogen and oxygen atoms in total. The number of alkyl halides is 3. The molecule has 0 fully saturated rings. The Kier molecular flexibility index (Phi) is 7.57. The Hall–Kier alpha value is -1.53. The van der Waals surface area contributed by atoms with Crippen molar-refractivity contribution in [3.63, 3.8) is 0 Å². The van der Waals surface area contributed by atoms with E-state index in [0.717, 1.165) is 27.9 Å². The lowest BCUT2D eigenvalue weighted by Gasteiger charge is -2.28. The fourth-order valence-electron chi connectivity index (χ4n) is 2.89. The van der Waals surface area contributed by atoms with Crippen LogP contribution in [0.4, 0.5) is 5.69 Å². The summed E-state index contributed by atoms with van der Waals surface area (Å²) in [7, 11) is 0. The molecule has 0 radical (unpaired) electrons. The molecule has 0 bridgehead atoms. The van der Waals surface area contributed by atoms with E-state index in [1.54, 1.807) is 12.1 Å². The largest absolute Gasteiger partial charge is 0.339 e. The number of amides is 1. The zero-order valence-electron chi connectivity index (χ0n) is 16.0. The van der Waals surface area contributed by atoms with Crippen molar-refractivity contribution in [3.05, 3.63) is 64.2 Å². The van der Waals surface area contributed by atoms with Crippen LogP contribution in [-0.4, -0.2) is 21.0 Å². The molecule has 0 aliphatic carbocycles. The summed E-state index contributed by atoms with van der Waals surface area (Å²) < 4.78 is -1.82. The highest BCUT2D eigenvalue weighted by atomic mass is 35.6. The van der Waals surface area contributed by atoms with Crippen LogP contribution in [0.3, 0.4) is 0 Å². The normalized spacial score (nSPS) is 12.2. The molecule has 0 aromatic heterocycles. The summed E-state index contributed by atoms with van der Waals surface area (Å²) in [5, 5.41) is 8.94. The van der Waals surface area contributed by atoms with Crippen molar-refractivity contribution in [1.82, 2.24) is 10.6 Å². The summed E-state index contributed by atoms with van der Waals surface area (Å²) in [6.07, 6.45) is -1.03. The minimum Gasteiger partial charge on any atom is -0.339 e. The predicted molar refractivity (Wildman–Crippen MR) is 123 cm³/mol. The molecular weight excluding hydrogens is 437 g/mol. The SMILES string of the molecule is Cc1cc(C)c(NC(=S)NC(NC(=O)c2ccccc2C)C(Cl)(Cl)Cl)c(C)c1. The zero-order chi connectivity index (χ0) is 21.1. The maximum Gasteiger partial charge on any atom is 0.253 e. The van der Waals surface area contributed by atoms with Crippen LogP contribution in [0.5, 0.6) is 0 Å². The number of aryl methyl sites for hydroxylation is 4. The van der Waals surface area contributed by atoms with E-state index in [0.29, 0.717) is 5.56 Å². The van der Waals surface area contributed by atoms with Crippen molar-refractivity contribution >= 4 is 63.7 Å². The van der Waals surface area contributed by atoms with Crippen molar-refractivity contribution in [2.24, 2.45) is 0 Å². The molecule has 0 spiro atoms. The highest BCUT2D eigenvalue weighted by Crippen LogP contribution is 2.30. The molecule has 2 rings (SSSR count). The zero-order valence-corrected chi connectivity index (χ0v) is 19.1. The Bertz CT molecular complexity index is 874. The summed E-state index contributed by atoms with van der Waals surface area (Å²) >= 11 is 23.6. The molecule has 8 heteroatoms. The second kappa shape index (κ2) is 9.31.